The van der Waals surface area contributed by atoms with Gasteiger partial charge < -0.3 is 14.6 Å². The minimum atomic E-state index is -3.36. The first-order valence-corrected chi connectivity index (χ1v) is 12.2. The Morgan fingerprint density at radius 2 is 2.00 bits per heavy atom. The number of benzene rings is 2. The van der Waals surface area contributed by atoms with Gasteiger partial charge in [0.05, 0.1) is 13.4 Å². The zero-order valence-electron chi connectivity index (χ0n) is 19.4. The lowest BCUT2D eigenvalue weighted by Crippen LogP contribution is -2.23. The van der Waals surface area contributed by atoms with E-state index < -0.39 is 10.0 Å². The van der Waals surface area contributed by atoms with Crippen molar-refractivity contribution < 1.29 is 17.5 Å². The Morgan fingerprint density at radius 3 is 2.61 bits per heavy atom. The third-order valence-electron chi connectivity index (χ3n) is 5.84. The molecular weight excluding hydrogens is 443 g/mol. The maximum Gasteiger partial charge on any atom is 0.259 e. The average molecular weight is 475 g/mol. The SMILES string of the molecule is CNCC1Cc2ccc(OC)cc2C1Cc1cccc(F)c1.CNS(=O)(=O)c1cn(C)cn1. The molecule has 1 heterocycles. The maximum atomic E-state index is 13.5. The molecule has 178 valence electrons. The van der Waals surface area contributed by atoms with Crippen LogP contribution in [0.15, 0.2) is 60.0 Å². The summed E-state index contributed by atoms with van der Waals surface area (Å²) in [5.74, 6) is 1.68. The van der Waals surface area contributed by atoms with Crippen molar-refractivity contribution in [2.24, 2.45) is 13.0 Å². The molecule has 2 atom stereocenters. The molecule has 0 saturated carbocycles. The maximum absolute atomic E-state index is 13.5. The van der Waals surface area contributed by atoms with Crippen molar-refractivity contribution in [2.75, 3.05) is 27.7 Å². The molecule has 0 radical (unpaired) electrons. The molecule has 0 bridgehead atoms. The highest BCUT2D eigenvalue weighted by Gasteiger charge is 2.32. The Labute approximate surface area is 195 Å². The van der Waals surface area contributed by atoms with Crippen LogP contribution in [0.5, 0.6) is 5.75 Å². The van der Waals surface area contributed by atoms with E-state index in [1.54, 1.807) is 30.9 Å². The van der Waals surface area contributed by atoms with E-state index in [0.29, 0.717) is 11.8 Å². The minimum absolute atomic E-state index is 0.0440. The molecule has 0 amide bonds. The van der Waals surface area contributed by atoms with Crippen LogP contribution in [0.1, 0.15) is 22.6 Å². The van der Waals surface area contributed by atoms with Crippen LogP contribution in [0.4, 0.5) is 4.39 Å². The topological polar surface area (TPSA) is 85.3 Å². The van der Waals surface area contributed by atoms with Gasteiger partial charge in [0.15, 0.2) is 5.03 Å². The fraction of sp³-hybridized carbons (Fsp3) is 0.375. The number of aryl methyl sites for hydroxylation is 1. The Bertz CT molecular complexity index is 1180. The highest BCUT2D eigenvalue weighted by atomic mass is 32.2. The molecule has 3 aromatic rings. The molecule has 9 heteroatoms. The Hall–Kier alpha value is -2.75. The fourth-order valence-electron chi connectivity index (χ4n) is 4.21. The second kappa shape index (κ2) is 10.9. The molecule has 7 nitrogen and oxygen atoms in total. The number of nitrogens with one attached hydrogen (secondary N) is 2. The molecule has 33 heavy (non-hydrogen) atoms. The van der Waals surface area contributed by atoms with E-state index in [0.717, 1.165) is 30.7 Å². The second-order valence-electron chi connectivity index (χ2n) is 8.11. The predicted octanol–water partition coefficient (Wildman–Crippen LogP) is 2.88. The zero-order chi connectivity index (χ0) is 24.0. The van der Waals surface area contributed by atoms with Gasteiger partial charge in [0.25, 0.3) is 10.0 Å². The van der Waals surface area contributed by atoms with Gasteiger partial charge >= 0.3 is 0 Å². The highest BCUT2D eigenvalue weighted by Crippen LogP contribution is 2.41. The van der Waals surface area contributed by atoms with E-state index in [1.165, 1.54) is 36.8 Å². The summed E-state index contributed by atoms with van der Waals surface area (Å²) >= 11 is 0. The van der Waals surface area contributed by atoms with Crippen molar-refractivity contribution in [1.82, 2.24) is 19.6 Å². The highest BCUT2D eigenvalue weighted by molar-refractivity contribution is 7.89. The third kappa shape index (κ3) is 6.19. The van der Waals surface area contributed by atoms with Gasteiger partial charge in [0.1, 0.15) is 11.6 Å². The number of nitrogens with zero attached hydrogens (tertiary/aromatic N) is 2. The number of hydrogen-bond acceptors (Lipinski definition) is 5. The molecule has 4 rings (SSSR count). The summed E-state index contributed by atoms with van der Waals surface area (Å²) in [6.07, 6.45) is 4.81. The van der Waals surface area contributed by atoms with E-state index in [1.807, 2.05) is 19.2 Å². The van der Waals surface area contributed by atoms with E-state index >= 15 is 0 Å². The van der Waals surface area contributed by atoms with Crippen molar-refractivity contribution >= 4 is 10.0 Å². The molecular formula is C24H31FN4O3S. The lowest BCUT2D eigenvalue weighted by Gasteiger charge is -2.21. The standard InChI is InChI=1S/C19H22FNO.C5H9N3O2S/c1-21-12-15-10-14-6-7-17(22-2)11-19(14)18(15)9-13-4-3-5-16(20)8-13;1-6-11(9,10)5-3-8(2)4-7-5/h3-8,11,15,18,21H,9-10,12H2,1-2H3;3-4,6H,1-2H3. The molecule has 2 unspecified atom stereocenters. The number of halogens is 1. The van der Waals surface area contributed by atoms with Crippen LogP contribution in [-0.2, 0) is 29.9 Å². The number of sulfonamides is 1. The number of ether oxygens (including phenoxy) is 1. The monoisotopic (exact) mass is 474 g/mol. The summed E-state index contributed by atoms with van der Waals surface area (Å²) in [6, 6.07) is 13.3. The summed E-state index contributed by atoms with van der Waals surface area (Å²) in [7, 11) is 3.39. The summed E-state index contributed by atoms with van der Waals surface area (Å²) in [4.78, 5) is 3.67. The number of imidazole rings is 1. The molecule has 1 aliphatic rings. The number of rotatable bonds is 7. The van der Waals surface area contributed by atoms with Gasteiger partial charge in [-0.1, -0.05) is 18.2 Å². The van der Waals surface area contributed by atoms with E-state index in [-0.39, 0.29) is 10.8 Å². The second-order valence-corrected chi connectivity index (χ2v) is 9.95. The van der Waals surface area contributed by atoms with Gasteiger partial charge in [0, 0.05) is 13.2 Å². The quantitative estimate of drug-likeness (QED) is 0.550. The minimum Gasteiger partial charge on any atom is -0.497 e. The van der Waals surface area contributed by atoms with Crippen LogP contribution < -0.4 is 14.8 Å². The summed E-state index contributed by atoms with van der Waals surface area (Å²) < 4.78 is 44.6. The van der Waals surface area contributed by atoms with Gasteiger partial charge in [-0.2, -0.15) is 0 Å². The molecule has 0 aliphatic heterocycles. The number of aromatic nitrogens is 2. The van der Waals surface area contributed by atoms with Crippen LogP contribution in [0, 0.1) is 11.7 Å². The Kier molecular flexibility index (Phi) is 8.23. The first-order valence-electron chi connectivity index (χ1n) is 10.7. The Balaban J connectivity index is 0.000000235. The van der Waals surface area contributed by atoms with Crippen LogP contribution in [0.25, 0.3) is 0 Å². The van der Waals surface area contributed by atoms with Gasteiger partial charge in [-0.15, -0.1) is 0 Å². The van der Waals surface area contributed by atoms with Gasteiger partial charge in [0.2, 0.25) is 0 Å². The first kappa shape index (κ1) is 24.9. The van der Waals surface area contributed by atoms with Crippen molar-refractivity contribution in [3.8, 4) is 5.75 Å². The average Bonchev–Trinajstić information content (AvgIpc) is 3.38. The predicted molar refractivity (Wildman–Crippen MR) is 126 cm³/mol. The molecule has 2 N–H and O–H groups in total. The molecule has 0 fully saturated rings. The molecule has 0 spiro atoms. The fourth-order valence-corrected chi connectivity index (χ4v) is 4.91. The summed E-state index contributed by atoms with van der Waals surface area (Å²) in [5.41, 5.74) is 3.80. The van der Waals surface area contributed by atoms with Crippen molar-refractivity contribution in [2.45, 2.75) is 23.8 Å². The molecule has 0 saturated heterocycles. The summed E-state index contributed by atoms with van der Waals surface area (Å²) in [6.45, 7) is 0.969. The van der Waals surface area contributed by atoms with Crippen LogP contribution in [-0.4, -0.2) is 45.7 Å². The molecule has 2 aromatic carbocycles. The van der Waals surface area contributed by atoms with Crippen LogP contribution in [0.2, 0.25) is 0 Å². The van der Waals surface area contributed by atoms with Gasteiger partial charge in [-0.05, 0) is 86.3 Å². The normalized spacial score (nSPS) is 17.2. The van der Waals surface area contributed by atoms with Crippen LogP contribution in [0.3, 0.4) is 0 Å². The molecule has 1 aliphatic carbocycles. The van der Waals surface area contributed by atoms with Crippen molar-refractivity contribution in [3.05, 3.63) is 77.5 Å². The molecule has 1 aromatic heterocycles. The lowest BCUT2D eigenvalue weighted by molar-refractivity contribution is 0.411. The van der Waals surface area contributed by atoms with Crippen molar-refractivity contribution in [3.63, 3.8) is 0 Å². The third-order valence-corrected chi connectivity index (χ3v) is 7.14. The van der Waals surface area contributed by atoms with E-state index in [4.69, 9.17) is 4.74 Å². The van der Waals surface area contributed by atoms with E-state index in [2.05, 4.69) is 27.2 Å². The first-order chi connectivity index (χ1) is 15.8. The lowest BCUT2D eigenvalue weighted by atomic mass is 9.86. The number of fused-ring (bicyclic) bond motifs is 1. The Morgan fingerprint density at radius 1 is 1.21 bits per heavy atom. The smallest absolute Gasteiger partial charge is 0.259 e. The largest absolute Gasteiger partial charge is 0.497 e. The van der Waals surface area contributed by atoms with Crippen molar-refractivity contribution in [1.29, 1.82) is 0 Å². The van der Waals surface area contributed by atoms with Gasteiger partial charge in [-0.3, -0.25) is 0 Å². The number of hydrogen-bond donors (Lipinski definition) is 2. The van der Waals surface area contributed by atoms with Crippen LogP contribution >= 0.6 is 0 Å². The summed E-state index contributed by atoms with van der Waals surface area (Å²) in [5, 5.41) is 3.34. The zero-order valence-corrected chi connectivity index (χ0v) is 20.2. The van der Waals surface area contributed by atoms with Gasteiger partial charge in [-0.25, -0.2) is 22.5 Å². The van der Waals surface area contributed by atoms with E-state index in [9.17, 15) is 12.8 Å². The number of methoxy groups -OCH3 is 1.